The Kier molecular flexibility index (Phi) is 3.23. The third-order valence-corrected chi connectivity index (χ3v) is 1.75. The SMILES string of the molecule is COC(=O)/C=C/c1cnc(N)c(C)c1. The number of nitrogen functional groups attached to an aromatic ring is 1. The second-order valence-electron chi connectivity index (χ2n) is 2.83. The number of nitrogens with two attached hydrogens (primary N) is 1. The standard InChI is InChI=1S/C10H12N2O2/c1-7-5-8(6-12-10(7)11)3-4-9(13)14-2/h3-6H,1-2H3,(H2,11,12)/b4-3+. The Hall–Kier alpha value is -1.84. The second kappa shape index (κ2) is 4.41. The molecular weight excluding hydrogens is 180 g/mol. The van der Waals surface area contributed by atoms with Gasteiger partial charge in [0.25, 0.3) is 0 Å². The molecule has 0 aliphatic carbocycles. The van der Waals surface area contributed by atoms with Crippen LogP contribution in [0.1, 0.15) is 11.1 Å². The van der Waals surface area contributed by atoms with Crippen LogP contribution in [0, 0.1) is 6.92 Å². The van der Waals surface area contributed by atoms with Gasteiger partial charge in [0.05, 0.1) is 7.11 Å². The number of hydrogen-bond donors (Lipinski definition) is 1. The van der Waals surface area contributed by atoms with Gasteiger partial charge in [-0.25, -0.2) is 9.78 Å². The van der Waals surface area contributed by atoms with E-state index in [1.165, 1.54) is 13.2 Å². The number of carbonyl (C=O) groups excluding carboxylic acids is 1. The fourth-order valence-electron chi connectivity index (χ4n) is 0.931. The van der Waals surface area contributed by atoms with Gasteiger partial charge in [-0.3, -0.25) is 0 Å². The Balaban J connectivity index is 2.83. The van der Waals surface area contributed by atoms with Crippen LogP contribution in [0.4, 0.5) is 5.82 Å². The first-order valence-electron chi connectivity index (χ1n) is 4.11. The molecule has 1 heterocycles. The van der Waals surface area contributed by atoms with Crippen molar-refractivity contribution in [1.82, 2.24) is 4.98 Å². The monoisotopic (exact) mass is 192 g/mol. The molecule has 4 nitrogen and oxygen atoms in total. The molecule has 0 spiro atoms. The van der Waals surface area contributed by atoms with Gasteiger partial charge < -0.3 is 10.5 Å². The zero-order valence-electron chi connectivity index (χ0n) is 8.15. The van der Waals surface area contributed by atoms with Gasteiger partial charge in [0.15, 0.2) is 0 Å². The van der Waals surface area contributed by atoms with Crippen molar-refractivity contribution in [1.29, 1.82) is 0 Å². The van der Waals surface area contributed by atoms with E-state index < -0.39 is 0 Å². The maximum Gasteiger partial charge on any atom is 0.330 e. The average Bonchev–Trinajstić information content (AvgIpc) is 2.19. The molecule has 0 aromatic carbocycles. The number of ether oxygens (including phenoxy) is 1. The molecule has 1 aromatic rings. The number of methoxy groups -OCH3 is 1. The van der Waals surface area contributed by atoms with E-state index in [1.807, 2.05) is 13.0 Å². The number of carbonyl (C=O) groups is 1. The van der Waals surface area contributed by atoms with Crippen LogP contribution in [0.15, 0.2) is 18.3 Å². The Morgan fingerprint density at radius 3 is 2.93 bits per heavy atom. The van der Waals surface area contributed by atoms with E-state index in [-0.39, 0.29) is 5.97 Å². The topological polar surface area (TPSA) is 65.2 Å². The summed E-state index contributed by atoms with van der Waals surface area (Å²) in [5.74, 6) is 0.111. The van der Waals surface area contributed by atoms with E-state index in [2.05, 4.69) is 9.72 Å². The van der Waals surface area contributed by atoms with Crippen LogP contribution in [0.3, 0.4) is 0 Å². The molecule has 74 valence electrons. The summed E-state index contributed by atoms with van der Waals surface area (Å²) in [5.41, 5.74) is 7.25. The van der Waals surface area contributed by atoms with E-state index in [0.717, 1.165) is 11.1 Å². The molecule has 0 aliphatic heterocycles. The van der Waals surface area contributed by atoms with Crippen LogP contribution >= 0.6 is 0 Å². The molecule has 4 heteroatoms. The lowest BCUT2D eigenvalue weighted by Gasteiger charge is -1.99. The van der Waals surface area contributed by atoms with Gasteiger partial charge in [-0.1, -0.05) is 0 Å². The summed E-state index contributed by atoms with van der Waals surface area (Å²) in [4.78, 5) is 14.7. The number of esters is 1. The van der Waals surface area contributed by atoms with Crippen molar-refractivity contribution < 1.29 is 9.53 Å². The average molecular weight is 192 g/mol. The van der Waals surface area contributed by atoms with Gasteiger partial charge in [0.2, 0.25) is 0 Å². The summed E-state index contributed by atoms with van der Waals surface area (Å²) >= 11 is 0. The number of nitrogens with zero attached hydrogens (tertiary/aromatic N) is 1. The van der Waals surface area contributed by atoms with Crippen molar-refractivity contribution in [3.05, 3.63) is 29.5 Å². The number of hydrogen-bond acceptors (Lipinski definition) is 4. The summed E-state index contributed by atoms with van der Waals surface area (Å²) in [6.07, 6.45) is 4.57. The highest BCUT2D eigenvalue weighted by Gasteiger charge is 1.96. The minimum atomic E-state index is -0.389. The van der Waals surface area contributed by atoms with Crippen LogP contribution in [0.25, 0.3) is 6.08 Å². The van der Waals surface area contributed by atoms with Crippen molar-refractivity contribution in [2.75, 3.05) is 12.8 Å². The van der Waals surface area contributed by atoms with E-state index in [9.17, 15) is 4.79 Å². The highest BCUT2D eigenvalue weighted by molar-refractivity contribution is 5.86. The van der Waals surface area contributed by atoms with E-state index in [1.54, 1.807) is 12.3 Å². The summed E-state index contributed by atoms with van der Waals surface area (Å²) in [6, 6.07) is 1.85. The highest BCUT2D eigenvalue weighted by atomic mass is 16.5. The number of pyridine rings is 1. The van der Waals surface area contributed by atoms with Gasteiger partial charge in [-0.15, -0.1) is 0 Å². The summed E-state index contributed by atoms with van der Waals surface area (Å²) in [6.45, 7) is 1.86. The Morgan fingerprint density at radius 1 is 1.64 bits per heavy atom. The van der Waals surface area contributed by atoms with Crippen molar-refractivity contribution >= 4 is 17.9 Å². The fraction of sp³-hybridized carbons (Fsp3) is 0.200. The van der Waals surface area contributed by atoms with E-state index in [4.69, 9.17) is 5.73 Å². The largest absolute Gasteiger partial charge is 0.466 e. The number of rotatable bonds is 2. The van der Waals surface area contributed by atoms with Crippen LogP contribution in [-0.2, 0) is 9.53 Å². The van der Waals surface area contributed by atoms with Crippen molar-refractivity contribution in [2.45, 2.75) is 6.92 Å². The fourth-order valence-corrected chi connectivity index (χ4v) is 0.931. The minimum Gasteiger partial charge on any atom is -0.466 e. The van der Waals surface area contributed by atoms with Crippen molar-refractivity contribution in [3.63, 3.8) is 0 Å². The summed E-state index contributed by atoms with van der Waals surface area (Å²) < 4.78 is 4.46. The third kappa shape index (κ3) is 2.58. The van der Waals surface area contributed by atoms with Gasteiger partial charge >= 0.3 is 5.97 Å². The van der Waals surface area contributed by atoms with E-state index >= 15 is 0 Å². The molecule has 0 saturated carbocycles. The molecule has 14 heavy (non-hydrogen) atoms. The molecule has 0 amide bonds. The van der Waals surface area contributed by atoms with Gasteiger partial charge in [-0.05, 0) is 30.2 Å². The predicted molar refractivity (Wildman–Crippen MR) is 54.4 cm³/mol. The maximum atomic E-state index is 10.8. The quantitative estimate of drug-likeness (QED) is 0.564. The van der Waals surface area contributed by atoms with Crippen molar-refractivity contribution in [2.24, 2.45) is 0 Å². The molecule has 0 radical (unpaired) electrons. The third-order valence-electron chi connectivity index (χ3n) is 1.75. The first-order valence-corrected chi connectivity index (χ1v) is 4.11. The molecule has 0 bridgehead atoms. The first-order chi connectivity index (χ1) is 6.63. The Morgan fingerprint density at radius 2 is 2.36 bits per heavy atom. The minimum absolute atomic E-state index is 0.389. The zero-order chi connectivity index (χ0) is 10.6. The Bertz CT molecular complexity index is 372. The normalized spacial score (nSPS) is 10.4. The zero-order valence-corrected chi connectivity index (χ0v) is 8.15. The Labute approximate surface area is 82.4 Å². The molecule has 1 aromatic heterocycles. The molecular formula is C10H12N2O2. The van der Waals surface area contributed by atoms with E-state index in [0.29, 0.717) is 5.82 Å². The lowest BCUT2D eigenvalue weighted by Crippen LogP contribution is -1.95. The van der Waals surface area contributed by atoms with Crippen LogP contribution in [-0.4, -0.2) is 18.1 Å². The van der Waals surface area contributed by atoms with Crippen LogP contribution < -0.4 is 5.73 Å². The van der Waals surface area contributed by atoms with Gasteiger partial charge in [0.1, 0.15) is 5.82 Å². The second-order valence-corrected chi connectivity index (χ2v) is 2.83. The molecule has 0 saturated heterocycles. The lowest BCUT2D eigenvalue weighted by molar-refractivity contribution is -0.134. The van der Waals surface area contributed by atoms with Crippen molar-refractivity contribution in [3.8, 4) is 0 Å². The van der Waals surface area contributed by atoms with Gasteiger partial charge in [0, 0.05) is 12.3 Å². The molecule has 1 rings (SSSR count). The molecule has 0 atom stereocenters. The molecule has 2 N–H and O–H groups in total. The summed E-state index contributed by atoms with van der Waals surface area (Å²) in [7, 11) is 1.33. The number of aryl methyl sites for hydroxylation is 1. The first kappa shape index (κ1) is 10.2. The smallest absolute Gasteiger partial charge is 0.330 e. The summed E-state index contributed by atoms with van der Waals surface area (Å²) in [5, 5.41) is 0. The van der Waals surface area contributed by atoms with Crippen LogP contribution in [0.2, 0.25) is 0 Å². The highest BCUT2D eigenvalue weighted by Crippen LogP contribution is 2.10. The predicted octanol–water partition coefficient (Wildman–Crippen LogP) is 1.16. The van der Waals surface area contributed by atoms with Crippen LogP contribution in [0.5, 0.6) is 0 Å². The number of anilines is 1. The lowest BCUT2D eigenvalue weighted by atomic mass is 10.2. The molecule has 0 fully saturated rings. The maximum absolute atomic E-state index is 10.8. The van der Waals surface area contributed by atoms with Gasteiger partial charge in [-0.2, -0.15) is 0 Å². The number of aromatic nitrogens is 1. The molecule has 0 unspecified atom stereocenters. The molecule has 0 aliphatic rings.